The van der Waals surface area contributed by atoms with Gasteiger partial charge in [0.25, 0.3) is 0 Å². The van der Waals surface area contributed by atoms with Crippen LogP contribution in [0.15, 0.2) is 42.5 Å². The van der Waals surface area contributed by atoms with Crippen LogP contribution in [0.4, 0.5) is 0 Å². The van der Waals surface area contributed by atoms with Crippen LogP contribution in [-0.4, -0.2) is 55.7 Å². The number of aliphatic hydroxyl groups is 1. The van der Waals surface area contributed by atoms with Gasteiger partial charge >= 0.3 is 11.9 Å². The normalized spacial score (nSPS) is 12.6. The highest BCUT2D eigenvalue weighted by Crippen LogP contribution is 2.34. The lowest BCUT2D eigenvalue weighted by atomic mass is 10.0. The van der Waals surface area contributed by atoms with Gasteiger partial charge in [0.05, 0.1) is 14.2 Å². The summed E-state index contributed by atoms with van der Waals surface area (Å²) >= 11 is 0. The van der Waals surface area contributed by atoms with Crippen LogP contribution >= 0.6 is 0 Å². The Morgan fingerprint density at radius 3 is 2.27 bits per heavy atom. The van der Waals surface area contributed by atoms with Crippen molar-refractivity contribution in [3.05, 3.63) is 53.6 Å². The van der Waals surface area contributed by atoms with E-state index in [0.29, 0.717) is 17.1 Å². The zero-order valence-electron chi connectivity index (χ0n) is 18.9. The summed E-state index contributed by atoms with van der Waals surface area (Å²) in [5.74, 6) is -0.0985. The van der Waals surface area contributed by atoms with Crippen molar-refractivity contribution in [3.63, 3.8) is 0 Å². The van der Waals surface area contributed by atoms with Gasteiger partial charge in [0, 0.05) is 13.8 Å². The van der Waals surface area contributed by atoms with E-state index in [0.717, 1.165) is 5.56 Å². The Balaban J connectivity index is 2.26. The summed E-state index contributed by atoms with van der Waals surface area (Å²) < 4.78 is 26.4. The second-order valence-corrected chi connectivity index (χ2v) is 6.95. The van der Waals surface area contributed by atoms with Gasteiger partial charge in [-0.05, 0) is 41.5 Å². The third kappa shape index (κ3) is 7.73. The Hall–Kier alpha value is -3.72. The van der Waals surface area contributed by atoms with Crippen LogP contribution in [-0.2, 0) is 19.1 Å². The van der Waals surface area contributed by atoms with Crippen molar-refractivity contribution in [3.8, 4) is 23.0 Å². The number of rotatable bonds is 11. The molecule has 2 rings (SSSR count). The predicted molar refractivity (Wildman–Crippen MR) is 119 cm³/mol. The summed E-state index contributed by atoms with van der Waals surface area (Å²) in [6.07, 6.45) is 1.24. The Labute approximate surface area is 192 Å². The highest BCUT2D eigenvalue weighted by Gasteiger charge is 2.26. The largest absolute Gasteiger partial charge is 0.504 e. The van der Waals surface area contributed by atoms with Crippen molar-refractivity contribution < 1.29 is 43.5 Å². The number of aromatic hydroxyl groups is 1. The van der Waals surface area contributed by atoms with E-state index in [1.165, 1.54) is 46.3 Å². The zero-order chi connectivity index (χ0) is 24.4. The third-order valence-corrected chi connectivity index (χ3v) is 4.51. The first-order valence-electron chi connectivity index (χ1n) is 10.1. The average Bonchev–Trinajstić information content (AvgIpc) is 2.79. The number of carbonyl (C=O) groups is 2. The SMILES string of the molecule is COc1cc(C(O)C(COC(C)=O)Oc2ccc(C=CCOC(C)=O)cc2OC)ccc1O. The lowest BCUT2D eigenvalue weighted by molar-refractivity contribution is -0.145. The van der Waals surface area contributed by atoms with Crippen LogP contribution in [0.2, 0.25) is 0 Å². The molecule has 0 amide bonds. The molecule has 2 atom stereocenters. The minimum Gasteiger partial charge on any atom is -0.504 e. The van der Waals surface area contributed by atoms with Crippen molar-refractivity contribution in [1.29, 1.82) is 0 Å². The van der Waals surface area contributed by atoms with Gasteiger partial charge in [-0.3, -0.25) is 9.59 Å². The van der Waals surface area contributed by atoms with E-state index < -0.39 is 18.2 Å². The molecule has 0 aromatic heterocycles. The molecule has 0 aliphatic carbocycles. The summed E-state index contributed by atoms with van der Waals surface area (Å²) in [5, 5.41) is 20.7. The van der Waals surface area contributed by atoms with E-state index in [-0.39, 0.29) is 30.7 Å². The summed E-state index contributed by atoms with van der Waals surface area (Å²) in [6, 6.07) is 9.48. The fraction of sp³-hybridized carbons (Fsp3) is 0.333. The molecule has 0 saturated heterocycles. The van der Waals surface area contributed by atoms with Crippen LogP contribution in [0.3, 0.4) is 0 Å². The van der Waals surface area contributed by atoms with Crippen molar-refractivity contribution in [2.75, 3.05) is 27.4 Å². The molecule has 0 aliphatic heterocycles. The summed E-state index contributed by atoms with van der Waals surface area (Å²) in [6.45, 7) is 2.50. The quantitative estimate of drug-likeness (QED) is 0.487. The van der Waals surface area contributed by atoms with Crippen LogP contribution < -0.4 is 14.2 Å². The molecule has 9 heteroatoms. The number of benzene rings is 2. The van der Waals surface area contributed by atoms with Crippen molar-refractivity contribution >= 4 is 18.0 Å². The minimum absolute atomic E-state index is 0.0788. The molecule has 33 heavy (non-hydrogen) atoms. The Morgan fingerprint density at radius 1 is 0.939 bits per heavy atom. The first-order chi connectivity index (χ1) is 15.7. The monoisotopic (exact) mass is 460 g/mol. The number of esters is 2. The number of hydrogen-bond donors (Lipinski definition) is 2. The molecule has 2 unspecified atom stereocenters. The number of methoxy groups -OCH3 is 2. The fourth-order valence-electron chi connectivity index (χ4n) is 2.88. The van der Waals surface area contributed by atoms with E-state index in [4.69, 9.17) is 23.7 Å². The maximum atomic E-state index is 11.4. The highest BCUT2D eigenvalue weighted by atomic mass is 16.6. The lowest BCUT2D eigenvalue weighted by Crippen LogP contribution is -2.31. The molecule has 0 heterocycles. The van der Waals surface area contributed by atoms with E-state index in [9.17, 15) is 19.8 Å². The number of ether oxygens (including phenoxy) is 5. The van der Waals surface area contributed by atoms with E-state index in [2.05, 4.69) is 0 Å². The molecule has 178 valence electrons. The maximum absolute atomic E-state index is 11.4. The molecule has 2 N–H and O–H groups in total. The van der Waals surface area contributed by atoms with Crippen LogP contribution in [0.5, 0.6) is 23.0 Å². The molecule has 0 spiro atoms. The smallest absolute Gasteiger partial charge is 0.302 e. The van der Waals surface area contributed by atoms with Crippen LogP contribution in [0.1, 0.15) is 31.1 Å². The number of phenolic OH excluding ortho intramolecular Hbond substituents is 1. The van der Waals surface area contributed by atoms with E-state index in [1.807, 2.05) is 0 Å². The molecule has 0 bridgehead atoms. The molecule has 2 aromatic rings. The summed E-state index contributed by atoms with van der Waals surface area (Å²) in [5.41, 5.74) is 1.16. The Kier molecular flexibility index (Phi) is 9.56. The Morgan fingerprint density at radius 2 is 1.64 bits per heavy atom. The molecule has 0 radical (unpaired) electrons. The van der Waals surface area contributed by atoms with Gasteiger partial charge in [-0.25, -0.2) is 0 Å². The van der Waals surface area contributed by atoms with Crippen molar-refractivity contribution in [1.82, 2.24) is 0 Å². The first kappa shape index (κ1) is 25.5. The third-order valence-electron chi connectivity index (χ3n) is 4.51. The van der Waals surface area contributed by atoms with Gasteiger partial charge in [0.2, 0.25) is 0 Å². The van der Waals surface area contributed by atoms with Gasteiger partial charge in [0.15, 0.2) is 29.1 Å². The highest BCUT2D eigenvalue weighted by molar-refractivity contribution is 5.66. The Bertz CT molecular complexity index is 984. The topological polar surface area (TPSA) is 121 Å². The maximum Gasteiger partial charge on any atom is 0.302 e. The lowest BCUT2D eigenvalue weighted by Gasteiger charge is -2.25. The summed E-state index contributed by atoms with van der Waals surface area (Å²) in [4.78, 5) is 22.2. The number of carbonyl (C=O) groups excluding carboxylic acids is 2. The molecule has 2 aromatic carbocycles. The van der Waals surface area contributed by atoms with Gasteiger partial charge in [-0.1, -0.05) is 18.2 Å². The van der Waals surface area contributed by atoms with Gasteiger partial charge in [-0.2, -0.15) is 0 Å². The number of hydrogen-bond acceptors (Lipinski definition) is 9. The fourth-order valence-corrected chi connectivity index (χ4v) is 2.88. The second-order valence-electron chi connectivity index (χ2n) is 6.95. The zero-order valence-corrected chi connectivity index (χ0v) is 18.9. The van der Waals surface area contributed by atoms with Gasteiger partial charge in [-0.15, -0.1) is 0 Å². The standard InChI is InChI=1S/C24H28O9/c1-15(25)31-11-5-6-17-7-10-20(22(12-17)30-4)33-23(14-32-16(2)26)24(28)18-8-9-19(27)21(13-18)29-3/h5-10,12-13,23-24,27-28H,11,14H2,1-4H3. The molecule has 0 saturated carbocycles. The van der Waals surface area contributed by atoms with Crippen LogP contribution in [0, 0.1) is 0 Å². The molecule has 0 aliphatic rings. The minimum atomic E-state index is -1.22. The van der Waals surface area contributed by atoms with Crippen molar-refractivity contribution in [2.45, 2.75) is 26.1 Å². The first-order valence-corrected chi connectivity index (χ1v) is 10.1. The molecule has 0 fully saturated rings. The van der Waals surface area contributed by atoms with Gasteiger partial charge in [0.1, 0.15) is 19.3 Å². The second kappa shape index (κ2) is 12.4. The van der Waals surface area contributed by atoms with Crippen LogP contribution in [0.25, 0.3) is 6.08 Å². The number of aliphatic hydroxyl groups excluding tert-OH is 1. The van der Waals surface area contributed by atoms with Gasteiger partial charge < -0.3 is 33.9 Å². The van der Waals surface area contributed by atoms with E-state index >= 15 is 0 Å². The summed E-state index contributed by atoms with van der Waals surface area (Å²) in [7, 11) is 2.86. The molecular formula is C24H28O9. The predicted octanol–water partition coefficient (Wildman–Crippen LogP) is 3.03. The average molecular weight is 460 g/mol. The molecular weight excluding hydrogens is 432 g/mol. The molecule has 9 nitrogen and oxygen atoms in total. The number of phenols is 1. The van der Waals surface area contributed by atoms with Crippen molar-refractivity contribution in [2.24, 2.45) is 0 Å². The van der Waals surface area contributed by atoms with E-state index in [1.54, 1.807) is 30.4 Å².